The first-order valence-corrected chi connectivity index (χ1v) is 6.91. The Morgan fingerprint density at radius 3 is 2.82 bits per heavy atom. The molecule has 0 atom stereocenters. The van der Waals surface area contributed by atoms with Crippen molar-refractivity contribution in [2.45, 2.75) is 0 Å². The largest absolute Gasteiger partial charge is 0.497 e. The van der Waals surface area contributed by atoms with Gasteiger partial charge < -0.3 is 14.7 Å². The summed E-state index contributed by atoms with van der Waals surface area (Å²) in [5.41, 5.74) is 3.38. The smallest absolute Gasteiger partial charge is 0.275 e. The van der Waals surface area contributed by atoms with E-state index in [4.69, 9.17) is 4.74 Å². The molecule has 0 saturated carbocycles. The van der Waals surface area contributed by atoms with E-state index in [1.807, 2.05) is 42.5 Å². The van der Waals surface area contributed by atoms with Gasteiger partial charge in [0.1, 0.15) is 11.4 Å². The Balaban J connectivity index is 2.02. The van der Waals surface area contributed by atoms with Crippen LogP contribution in [0.15, 0.2) is 53.5 Å². The lowest BCUT2D eigenvalue weighted by molar-refractivity contribution is 0.415. The fourth-order valence-corrected chi connectivity index (χ4v) is 2.63. The van der Waals surface area contributed by atoms with Crippen LogP contribution >= 0.6 is 0 Å². The average molecular weight is 291 g/mol. The van der Waals surface area contributed by atoms with Crippen molar-refractivity contribution in [2.75, 3.05) is 7.11 Å². The molecule has 0 aliphatic carbocycles. The van der Waals surface area contributed by atoms with Gasteiger partial charge in [-0.1, -0.05) is 12.1 Å². The van der Waals surface area contributed by atoms with Crippen molar-refractivity contribution < 1.29 is 4.74 Å². The van der Waals surface area contributed by atoms with Gasteiger partial charge in [0.2, 0.25) is 0 Å². The summed E-state index contributed by atoms with van der Waals surface area (Å²) >= 11 is 0. The first-order valence-electron chi connectivity index (χ1n) is 6.91. The quantitative estimate of drug-likeness (QED) is 0.596. The van der Waals surface area contributed by atoms with Gasteiger partial charge in [-0.15, -0.1) is 0 Å². The monoisotopic (exact) mass is 291 g/mol. The van der Waals surface area contributed by atoms with E-state index >= 15 is 0 Å². The molecule has 0 aliphatic rings. The Morgan fingerprint density at radius 1 is 1.09 bits per heavy atom. The number of nitrogens with zero attached hydrogens (tertiary/aromatic N) is 1. The number of hydrogen-bond acceptors (Lipinski definition) is 3. The first-order chi connectivity index (χ1) is 10.8. The van der Waals surface area contributed by atoms with Gasteiger partial charge in [0.15, 0.2) is 0 Å². The molecule has 2 heterocycles. The second-order valence-corrected chi connectivity index (χ2v) is 5.05. The van der Waals surface area contributed by atoms with E-state index in [9.17, 15) is 4.79 Å². The number of para-hydroxylation sites is 2. The Bertz CT molecular complexity index is 1050. The molecular formula is C17H13N3O2. The summed E-state index contributed by atoms with van der Waals surface area (Å²) in [6.45, 7) is 0. The molecule has 4 aromatic rings. The van der Waals surface area contributed by atoms with Crippen molar-refractivity contribution in [3.8, 4) is 17.0 Å². The van der Waals surface area contributed by atoms with Gasteiger partial charge in [-0.05, 0) is 30.3 Å². The fraction of sp³-hybridized carbons (Fsp3) is 0.0588. The molecule has 5 nitrogen and oxygen atoms in total. The molecule has 0 radical (unpaired) electrons. The Morgan fingerprint density at radius 2 is 1.95 bits per heavy atom. The minimum Gasteiger partial charge on any atom is -0.497 e. The van der Waals surface area contributed by atoms with Gasteiger partial charge in [-0.2, -0.15) is 0 Å². The van der Waals surface area contributed by atoms with Gasteiger partial charge in [-0.25, -0.2) is 4.98 Å². The van der Waals surface area contributed by atoms with Crippen LogP contribution in [0.4, 0.5) is 0 Å². The zero-order chi connectivity index (χ0) is 15.1. The molecule has 0 fully saturated rings. The summed E-state index contributed by atoms with van der Waals surface area (Å²) in [4.78, 5) is 22.9. The fourth-order valence-electron chi connectivity index (χ4n) is 2.63. The maximum absolute atomic E-state index is 12.4. The lowest BCUT2D eigenvalue weighted by Crippen LogP contribution is -2.11. The van der Waals surface area contributed by atoms with Crippen LogP contribution in [0.1, 0.15) is 0 Å². The second-order valence-electron chi connectivity index (χ2n) is 5.05. The molecule has 108 valence electrons. The van der Waals surface area contributed by atoms with E-state index in [2.05, 4.69) is 15.0 Å². The lowest BCUT2D eigenvalue weighted by atomic mass is 10.1. The number of aromatic nitrogens is 3. The van der Waals surface area contributed by atoms with Crippen molar-refractivity contribution in [3.05, 3.63) is 59.0 Å². The number of ether oxygens (including phenoxy) is 1. The van der Waals surface area contributed by atoms with Crippen LogP contribution in [0.2, 0.25) is 0 Å². The van der Waals surface area contributed by atoms with Gasteiger partial charge >= 0.3 is 0 Å². The minimum absolute atomic E-state index is 0.206. The Labute approximate surface area is 125 Å². The van der Waals surface area contributed by atoms with Crippen molar-refractivity contribution >= 4 is 21.9 Å². The molecule has 0 aliphatic heterocycles. The SMILES string of the molecule is COc1ccc2[nH]cc(-c3nc4ccccc4[nH]c3=O)c2c1. The summed E-state index contributed by atoms with van der Waals surface area (Å²) in [5.74, 6) is 0.741. The number of methoxy groups -OCH3 is 1. The van der Waals surface area contributed by atoms with Gasteiger partial charge in [0.25, 0.3) is 5.56 Å². The summed E-state index contributed by atoms with van der Waals surface area (Å²) in [6, 6.07) is 13.2. The standard InChI is InChI=1S/C17H13N3O2/c1-22-10-6-7-13-11(8-10)12(9-18-13)16-17(21)20-15-5-3-2-4-14(15)19-16/h2-9,18H,1H3,(H,20,21). The third-order valence-electron chi connectivity index (χ3n) is 3.74. The van der Waals surface area contributed by atoms with Crippen molar-refractivity contribution in [1.29, 1.82) is 0 Å². The first kappa shape index (κ1) is 12.6. The number of fused-ring (bicyclic) bond motifs is 2. The molecule has 0 amide bonds. The number of aromatic amines is 2. The summed E-state index contributed by atoms with van der Waals surface area (Å²) in [5, 5.41) is 0.910. The number of H-pyrrole nitrogens is 2. The summed E-state index contributed by atoms with van der Waals surface area (Å²) in [7, 11) is 1.62. The summed E-state index contributed by atoms with van der Waals surface area (Å²) in [6.07, 6.45) is 1.80. The normalized spacial score (nSPS) is 11.1. The molecule has 0 spiro atoms. The van der Waals surface area contributed by atoms with Crippen LogP contribution in [0, 0.1) is 0 Å². The van der Waals surface area contributed by atoms with Gasteiger partial charge in [0.05, 0.1) is 18.1 Å². The number of benzene rings is 2. The highest BCUT2D eigenvalue weighted by atomic mass is 16.5. The zero-order valence-electron chi connectivity index (χ0n) is 11.9. The van der Waals surface area contributed by atoms with Crippen LogP contribution in [0.3, 0.4) is 0 Å². The van der Waals surface area contributed by atoms with E-state index in [0.29, 0.717) is 5.69 Å². The van der Waals surface area contributed by atoms with Crippen LogP contribution in [0.25, 0.3) is 33.2 Å². The third-order valence-corrected chi connectivity index (χ3v) is 3.74. The molecule has 0 bridgehead atoms. The topological polar surface area (TPSA) is 70.8 Å². The van der Waals surface area contributed by atoms with Crippen molar-refractivity contribution in [2.24, 2.45) is 0 Å². The molecule has 0 unspecified atom stereocenters. The van der Waals surface area contributed by atoms with Crippen molar-refractivity contribution in [1.82, 2.24) is 15.0 Å². The molecule has 2 N–H and O–H groups in total. The second kappa shape index (κ2) is 4.73. The predicted octanol–water partition coefficient (Wildman–Crippen LogP) is 3.08. The van der Waals surface area contributed by atoms with Gasteiger partial charge in [-0.3, -0.25) is 4.79 Å². The molecular weight excluding hydrogens is 278 g/mol. The van der Waals surface area contributed by atoms with E-state index in [1.54, 1.807) is 13.3 Å². The predicted molar refractivity (Wildman–Crippen MR) is 86.2 cm³/mol. The summed E-state index contributed by atoms with van der Waals surface area (Å²) < 4.78 is 5.26. The average Bonchev–Trinajstić information content (AvgIpc) is 2.97. The van der Waals surface area contributed by atoms with Crippen LogP contribution < -0.4 is 10.3 Å². The lowest BCUT2D eigenvalue weighted by Gasteiger charge is -2.03. The third kappa shape index (κ3) is 1.87. The minimum atomic E-state index is -0.206. The van der Waals surface area contributed by atoms with Crippen LogP contribution in [0.5, 0.6) is 5.75 Å². The molecule has 5 heteroatoms. The zero-order valence-corrected chi connectivity index (χ0v) is 11.9. The number of nitrogens with one attached hydrogen (secondary N) is 2. The molecule has 0 saturated heterocycles. The number of rotatable bonds is 2. The molecule has 22 heavy (non-hydrogen) atoms. The van der Waals surface area contributed by atoms with Crippen LogP contribution in [-0.4, -0.2) is 22.1 Å². The van der Waals surface area contributed by atoms with E-state index in [-0.39, 0.29) is 5.56 Å². The van der Waals surface area contributed by atoms with E-state index in [1.165, 1.54) is 0 Å². The molecule has 2 aromatic carbocycles. The maximum atomic E-state index is 12.4. The highest BCUT2D eigenvalue weighted by Crippen LogP contribution is 2.29. The molecule has 4 rings (SSSR count). The highest BCUT2D eigenvalue weighted by Gasteiger charge is 2.13. The Hall–Kier alpha value is -3.08. The van der Waals surface area contributed by atoms with E-state index in [0.717, 1.165) is 33.2 Å². The highest BCUT2D eigenvalue weighted by molar-refractivity contribution is 5.96. The number of hydrogen-bond donors (Lipinski definition) is 2. The van der Waals surface area contributed by atoms with Crippen LogP contribution in [-0.2, 0) is 0 Å². The van der Waals surface area contributed by atoms with Gasteiger partial charge in [0, 0.05) is 22.7 Å². The van der Waals surface area contributed by atoms with Crippen molar-refractivity contribution in [3.63, 3.8) is 0 Å². The Kier molecular flexibility index (Phi) is 2.72. The molecule has 2 aromatic heterocycles. The van der Waals surface area contributed by atoms with E-state index < -0.39 is 0 Å². The maximum Gasteiger partial charge on any atom is 0.275 e.